The molecule has 1 aliphatic rings. The van der Waals surface area contributed by atoms with Crippen LogP contribution in [0.1, 0.15) is 45.1 Å². The number of hydrogen-bond acceptors (Lipinski definition) is 4. The molecule has 36 heavy (non-hydrogen) atoms. The molecule has 1 aromatic heterocycles. The van der Waals surface area contributed by atoms with Crippen LogP contribution in [-0.4, -0.2) is 37.7 Å². The van der Waals surface area contributed by atoms with Gasteiger partial charge in [0, 0.05) is 28.3 Å². The number of nitrogens with zero attached hydrogens (tertiary/aromatic N) is 3. The third kappa shape index (κ3) is 7.07. The summed E-state index contributed by atoms with van der Waals surface area (Å²) in [7, 11) is 0. The standard InChI is InChI=1S/C29H32IN3O.CH4.FH/c30-26-15-13-24(14-16-26)28-21-29(34-31-28)33(20-8-19-32-17-5-1-2-6-18-32)22-25-11-7-10-23-9-3-4-12-27(23)25;;/h3-4,7,9-16,21H,1-2,5-6,8,17-20,22H2;1H4;1H/i/hT. The van der Waals surface area contributed by atoms with Crippen molar-refractivity contribution in [2.45, 2.75) is 46.1 Å². The molecular formula is C30H37FIN3O. The summed E-state index contributed by atoms with van der Waals surface area (Å²) in [5, 5.41) is 7.01. The maximum atomic E-state index is 8.75. The minimum Gasteiger partial charge on any atom is -0.338 e. The minimum absolute atomic E-state index is 0. The van der Waals surface area contributed by atoms with E-state index in [1.807, 2.05) is 0 Å². The number of hydrogen-bond donors (Lipinski definition) is 0. The molecule has 4 nitrogen and oxygen atoms in total. The Kier molecular flexibility index (Phi) is 10.2. The molecule has 2 heterocycles. The van der Waals surface area contributed by atoms with Crippen molar-refractivity contribution in [1.82, 2.24) is 10.1 Å². The second-order valence-electron chi connectivity index (χ2n) is 9.23. The fourth-order valence-electron chi connectivity index (χ4n) is 4.92. The van der Waals surface area contributed by atoms with Crippen molar-refractivity contribution >= 4 is 39.2 Å². The van der Waals surface area contributed by atoms with E-state index < -0.39 is 0 Å². The van der Waals surface area contributed by atoms with E-state index >= 15 is 0 Å². The first-order valence-corrected chi connectivity index (χ1v) is 13.5. The second-order valence-corrected chi connectivity index (χ2v) is 10.5. The van der Waals surface area contributed by atoms with Gasteiger partial charge < -0.3 is 14.3 Å². The van der Waals surface area contributed by atoms with E-state index in [-0.39, 0.29) is 7.43 Å². The lowest BCUT2D eigenvalue weighted by molar-refractivity contribution is 0.281. The van der Waals surface area contributed by atoms with Gasteiger partial charge in [-0.25, -0.2) is 0 Å². The van der Waals surface area contributed by atoms with Gasteiger partial charge in [0.05, 0.1) is 0 Å². The number of rotatable bonds is 8. The van der Waals surface area contributed by atoms with Crippen molar-refractivity contribution in [3.63, 3.8) is 0 Å². The topological polar surface area (TPSA) is 32.5 Å². The van der Waals surface area contributed by atoms with Crippen LogP contribution in [0.5, 0.6) is 0 Å². The van der Waals surface area contributed by atoms with Gasteiger partial charge in [-0.05, 0) is 90.0 Å². The third-order valence-corrected chi connectivity index (χ3v) is 7.51. The average Bonchev–Trinajstić information content (AvgIpc) is 3.27. The van der Waals surface area contributed by atoms with Crippen molar-refractivity contribution in [1.29, 1.82) is 1.45 Å². The molecule has 5 rings (SSSR count). The maximum absolute atomic E-state index is 8.75. The molecule has 0 bridgehead atoms. The molecule has 0 aliphatic carbocycles. The molecule has 6 heteroatoms. The lowest BCUT2D eigenvalue weighted by atomic mass is 10.0. The number of aromatic nitrogens is 1. The molecule has 1 fully saturated rings. The SMILES string of the molecule is C.Ic1ccc(-c2cc(N(CCCN3CCCCCC3)Cc3cccc4ccccc34)on2)cc1.[3H]F. The number of benzene rings is 3. The van der Waals surface area contributed by atoms with Crippen LogP contribution in [0, 0.1) is 3.57 Å². The molecule has 0 unspecified atom stereocenters. The van der Waals surface area contributed by atoms with Gasteiger partial charge in [0.25, 0.3) is 1.45 Å². The first kappa shape index (κ1) is 26.6. The summed E-state index contributed by atoms with van der Waals surface area (Å²) in [5.74, 6) is 0.845. The van der Waals surface area contributed by atoms with Crippen LogP contribution < -0.4 is 4.90 Å². The number of anilines is 1. The summed E-state index contributed by atoms with van der Waals surface area (Å²) < 4.78 is 20.1. The Morgan fingerprint density at radius 2 is 1.67 bits per heavy atom. The van der Waals surface area contributed by atoms with Gasteiger partial charge >= 0.3 is 0 Å². The van der Waals surface area contributed by atoms with E-state index in [9.17, 15) is 0 Å². The quantitative estimate of drug-likeness (QED) is 0.190. The largest absolute Gasteiger partial charge is 0.338 e. The summed E-state index contributed by atoms with van der Waals surface area (Å²) in [5.41, 5.74) is 3.30. The molecule has 0 N–H and O–H groups in total. The van der Waals surface area contributed by atoms with Crippen LogP contribution in [0.3, 0.4) is 0 Å². The summed E-state index contributed by atoms with van der Waals surface area (Å²) in [6.45, 7) is 5.37. The third-order valence-electron chi connectivity index (χ3n) is 6.79. The first-order chi connectivity index (χ1) is 17.8. The van der Waals surface area contributed by atoms with Crippen molar-refractivity contribution in [2.24, 2.45) is 0 Å². The Hall–Kier alpha value is -2.45. The van der Waals surface area contributed by atoms with E-state index in [1.165, 1.54) is 58.7 Å². The highest BCUT2D eigenvalue weighted by molar-refractivity contribution is 14.1. The Morgan fingerprint density at radius 3 is 2.44 bits per heavy atom. The van der Waals surface area contributed by atoms with Gasteiger partial charge in [0.2, 0.25) is 5.88 Å². The Balaban J connectivity index is 0.00000124. The molecule has 0 atom stereocenters. The van der Waals surface area contributed by atoms with Crippen LogP contribution >= 0.6 is 22.6 Å². The second kappa shape index (κ2) is 13.7. The number of halogens is 2. The Bertz CT molecular complexity index is 1200. The van der Waals surface area contributed by atoms with Gasteiger partial charge in [-0.1, -0.05) is 80.0 Å². The molecule has 0 spiro atoms. The Morgan fingerprint density at radius 1 is 0.944 bits per heavy atom. The monoisotopic (exact) mass is 603 g/mol. The highest BCUT2D eigenvalue weighted by Gasteiger charge is 2.17. The smallest absolute Gasteiger partial charge is 0.269 e. The maximum Gasteiger partial charge on any atom is 0.269 e. The summed E-state index contributed by atoms with van der Waals surface area (Å²) in [6.07, 6.45) is 6.54. The number of likely N-dealkylation sites (tertiary alicyclic amines) is 1. The van der Waals surface area contributed by atoms with E-state index in [4.69, 9.17) is 9.24 Å². The van der Waals surface area contributed by atoms with Gasteiger partial charge in [-0.15, -0.1) is 0 Å². The highest BCUT2D eigenvalue weighted by Crippen LogP contribution is 2.28. The van der Waals surface area contributed by atoms with Gasteiger partial charge in [-0.2, -0.15) is 0 Å². The number of fused-ring (bicyclic) bond motifs is 1. The predicted molar refractivity (Wildman–Crippen MR) is 158 cm³/mol. The zero-order valence-electron chi connectivity index (χ0n) is 21.0. The normalized spacial score (nSPS) is 14.2. The lowest BCUT2D eigenvalue weighted by Gasteiger charge is -2.25. The molecule has 192 valence electrons. The fraction of sp³-hybridized carbons (Fsp3) is 0.367. The van der Waals surface area contributed by atoms with E-state index in [0.29, 0.717) is 0 Å². The predicted octanol–water partition coefficient (Wildman–Crippen LogP) is 8.16. The van der Waals surface area contributed by atoms with Crippen molar-refractivity contribution in [3.8, 4) is 11.3 Å². The average molecular weight is 604 g/mol. The molecule has 4 aromatic rings. The molecule has 0 saturated carbocycles. The van der Waals surface area contributed by atoms with Crippen LogP contribution in [0.25, 0.3) is 22.0 Å². The zero-order valence-corrected chi connectivity index (χ0v) is 22.2. The fourth-order valence-corrected chi connectivity index (χ4v) is 5.28. The van der Waals surface area contributed by atoms with Gasteiger partial charge in [0.15, 0.2) is 0 Å². The Labute approximate surface area is 229 Å². The molecule has 3 aromatic carbocycles. The first-order valence-electron chi connectivity index (χ1n) is 12.8. The van der Waals surface area contributed by atoms with Gasteiger partial charge in [0.1, 0.15) is 5.69 Å². The molecule has 0 amide bonds. The van der Waals surface area contributed by atoms with E-state index in [0.717, 1.165) is 43.2 Å². The lowest BCUT2D eigenvalue weighted by Crippen LogP contribution is -2.30. The van der Waals surface area contributed by atoms with Crippen molar-refractivity contribution in [3.05, 3.63) is 81.9 Å². The van der Waals surface area contributed by atoms with Crippen LogP contribution in [-0.2, 0) is 6.54 Å². The summed E-state index contributed by atoms with van der Waals surface area (Å²) >= 11 is 2.33. The van der Waals surface area contributed by atoms with E-state index in [2.05, 4.69) is 112 Å². The zero-order chi connectivity index (χ0) is 25.2. The van der Waals surface area contributed by atoms with Crippen molar-refractivity contribution in [2.75, 3.05) is 31.1 Å². The van der Waals surface area contributed by atoms with Crippen LogP contribution in [0.4, 0.5) is 10.6 Å². The van der Waals surface area contributed by atoms with E-state index in [1.54, 1.807) is 0 Å². The molecule has 0 radical (unpaired) electrons. The van der Waals surface area contributed by atoms with Crippen LogP contribution in [0.15, 0.2) is 77.3 Å². The van der Waals surface area contributed by atoms with Crippen LogP contribution in [0.2, 0.25) is 0 Å². The molecule has 1 saturated heterocycles. The molecular weight excluding hydrogens is 564 g/mol. The van der Waals surface area contributed by atoms with Gasteiger partial charge in [-0.3, -0.25) is 4.72 Å². The summed E-state index contributed by atoms with van der Waals surface area (Å²) in [6, 6.07) is 25.8. The highest BCUT2D eigenvalue weighted by atomic mass is 127. The molecule has 1 aliphatic heterocycles. The minimum atomic E-state index is 0. The summed E-state index contributed by atoms with van der Waals surface area (Å²) in [4.78, 5) is 5.00. The van der Waals surface area contributed by atoms with Crippen molar-refractivity contribution < 1.29 is 9.24 Å².